The van der Waals surface area contributed by atoms with E-state index in [2.05, 4.69) is 14.1 Å². The smallest absolute Gasteiger partial charge is 0.333 e. The van der Waals surface area contributed by atoms with Crippen LogP contribution < -0.4 is 9.88 Å². The van der Waals surface area contributed by atoms with Gasteiger partial charge in [0.25, 0.3) is 0 Å². The minimum absolute atomic E-state index is 0.0889. The fourth-order valence-corrected chi connectivity index (χ4v) is 1.39. The molecule has 5 nitrogen and oxygen atoms in total. The maximum Gasteiger partial charge on any atom is 0.333 e. The summed E-state index contributed by atoms with van der Waals surface area (Å²) < 4.78 is 55.8. The summed E-state index contributed by atoms with van der Waals surface area (Å²) >= 11 is 0. The average Bonchev–Trinajstić information content (AvgIpc) is 2.12. The summed E-state index contributed by atoms with van der Waals surface area (Å²) in [5, 5.41) is 4.57. The van der Waals surface area contributed by atoms with E-state index >= 15 is 0 Å². The third kappa shape index (κ3) is 3.40. The summed E-state index contributed by atoms with van der Waals surface area (Å²) in [5.74, 6) is -2.10. The van der Waals surface area contributed by atoms with E-state index < -0.39 is 28.5 Å². The van der Waals surface area contributed by atoms with Gasteiger partial charge in [-0.3, -0.25) is 4.18 Å². The number of methoxy groups -OCH3 is 1. The lowest BCUT2D eigenvalue weighted by Gasteiger charge is -2.09. The third-order valence-corrected chi connectivity index (χ3v) is 2.11. The Morgan fingerprint density at radius 1 is 1.38 bits per heavy atom. The Hall–Kier alpha value is -1.25. The van der Waals surface area contributed by atoms with Crippen molar-refractivity contribution in [2.45, 2.75) is 6.61 Å². The van der Waals surface area contributed by atoms with Crippen LogP contribution >= 0.6 is 0 Å². The molecule has 0 amide bonds. The summed E-state index contributed by atoms with van der Waals surface area (Å²) in [7, 11) is -3.01. The summed E-state index contributed by atoms with van der Waals surface area (Å²) in [5.41, 5.74) is -0.0889. The number of nitrogens with two attached hydrogens (primary N) is 1. The number of rotatable bonds is 4. The van der Waals surface area contributed by atoms with Gasteiger partial charge in [0.2, 0.25) is 0 Å². The van der Waals surface area contributed by atoms with Crippen molar-refractivity contribution in [2.24, 2.45) is 5.14 Å². The molecule has 0 saturated heterocycles. The van der Waals surface area contributed by atoms with Gasteiger partial charge in [-0.15, -0.1) is 0 Å². The zero-order valence-electron chi connectivity index (χ0n) is 8.24. The lowest BCUT2D eigenvalue weighted by molar-refractivity contribution is 0.294. The fourth-order valence-electron chi connectivity index (χ4n) is 1.10. The highest BCUT2D eigenvalue weighted by molar-refractivity contribution is 7.84. The van der Waals surface area contributed by atoms with E-state index in [0.717, 1.165) is 13.2 Å². The van der Waals surface area contributed by atoms with Crippen molar-refractivity contribution in [3.63, 3.8) is 0 Å². The molecule has 0 spiro atoms. The van der Waals surface area contributed by atoms with Crippen molar-refractivity contribution in [3.05, 3.63) is 29.3 Å². The van der Waals surface area contributed by atoms with Crippen molar-refractivity contribution in [3.8, 4) is 5.75 Å². The molecule has 0 aliphatic carbocycles. The van der Waals surface area contributed by atoms with Gasteiger partial charge in [0.05, 0.1) is 13.7 Å². The predicted molar refractivity (Wildman–Crippen MR) is 50.8 cm³/mol. The number of hydrogen-bond donors (Lipinski definition) is 1. The zero-order valence-corrected chi connectivity index (χ0v) is 9.05. The molecule has 0 aliphatic heterocycles. The first kappa shape index (κ1) is 12.8. The minimum atomic E-state index is -4.17. The van der Waals surface area contributed by atoms with Gasteiger partial charge in [-0.25, -0.2) is 13.9 Å². The van der Waals surface area contributed by atoms with E-state index in [-0.39, 0.29) is 11.3 Å². The molecule has 0 bridgehead atoms. The van der Waals surface area contributed by atoms with Gasteiger partial charge in [-0.05, 0) is 6.07 Å². The van der Waals surface area contributed by atoms with Crippen molar-refractivity contribution in [1.29, 1.82) is 0 Å². The molecule has 1 aromatic carbocycles. The minimum Gasteiger partial charge on any atom is -0.493 e. The molecule has 0 unspecified atom stereocenters. The zero-order chi connectivity index (χ0) is 12.3. The number of benzene rings is 1. The molecule has 0 aromatic heterocycles. The first-order valence-electron chi connectivity index (χ1n) is 4.02. The molecule has 0 saturated carbocycles. The molecular formula is C8H9F2NO4S. The van der Waals surface area contributed by atoms with Gasteiger partial charge in [-0.1, -0.05) is 0 Å². The Morgan fingerprint density at radius 3 is 2.50 bits per heavy atom. The molecule has 8 heteroatoms. The van der Waals surface area contributed by atoms with Crippen molar-refractivity contribution >= 4 is 10.3 Å². The van der Waals surface area contributed by atoms with E-state index in [0.29, 0.717) is 6.07 Å². The summed E-state index contributed by atoms with van der Waals surface area (Å²) in [6.07, 6.45) is 0. The Kier molecular flexibility index (Phi) is 3.79. The van der Waals surface area contributed by atoms with Gasteiger partial charge >= 0.3 is 10.3 Å². The van der Waals surface area contributed by atoms with E-state index in [1.165, 1.54) is 0 Å². The monoisotopic (exact) mass is 253 g/mol. The molecular weight excluding hydrogens is 244 g/mol. The largest absolute Gasteiger partial charge is 0.493 e. The van der Waals surface area contributed by atoms with Gasteiger partial charge in [0.15, 0.2) is 11.6 Å². The van der Waals surface area contributed by atoms with Crippen molar-refractivity contribution in [1.82, 2.24) is 0 Å². The maximum atomic E-state index is 13.1. The third-order valence-electron chi connectivity index (χ3n) is 1.67. The second kappa shape index (κ2) is 4.73. The van der Waals surface area contributed by atoms with E-state index in [1.54, 1.807) is 0 Å². The molecule has 1 aromatic rings. The highest BCUT2D eigenvalue weighted by Crippen LogP contribution is 2.24. The molecule has 1 rings (SSSR count). The summed E-state index contributed by atoms with van der Waals surface area (Å²) in [6.45, 7) is -0.601. The van der Waals surface area contributed by atoms with Crippen LogP contribution in [0.3, 0.4) is 0 Å². The Balaban J connectivity index is 3.03. The topological polar surface area (TPSA) is 78.6 Å². The molecule has 0 radical (unpaired) electrons. The normalized spacial score (nSPS) is 11.5. The second-order valence-electron chi connectivity index (χ2n) is 2.83. The lowest BCUT2D eigenvalue weighted by Crippen LogP contribution is -2.16. The number of halogens is 2. The molecule has 16 heavy (non-hydrogen) atoms. The van der Waals surface area contributed by atoms with Gasteiger partial charge in [-0.2, -0.15) is 8.42 Å². The van der Waals surface area contributed by atoms with E-state index in [1.807, 2.05) is 0 Å². The summed E-state index contributed by atoms with van der Waals surface area (Å²) in [4.78, 5) is 0. The van der Waals surface area contributed by atoms with Crippen molar-refractivity contribution in [2.75, 3.05) is 7.11 Å². The average molecular weight is 253 g/mol. The molecule has 0 atom stereocenters. The highest BCUT2D eigenvalue weighted by Gasteiger charge is 2.14. The molecule has 0 fully saturated rings. The molecule has 2 N–H and O–H groups in total. The van der Waals surface area contributed by atoms with Crippen LogP contribution in [0, 0.1) is 11.6 Å². The highest BCUT2D eigenvalue weighted by atomic mass is 32.2. The van der Waals surface area contributed by atoms with Gasteiger partial charge < -0.3 is 4.74 Å². The SMILES string of the molecule is COc1c(F)cc(F)cc1COS(N)(=O)=O. The Labute approximate surface area is 91.0 Å². The predicted octanol–water partition coefficient (Wildman–Crippen LogP) is 0.693. The van der Waals surface area contributed by atoms with Crippen LogP contribution in [0.1, 0.15) is 5.56 Å². The lowest BCUT2D eigenvalue weighted by atomic mass is 10.2. The first-order valence-corrected chi connectivity index (χ1v) is 5.49. The number of hydrogen-bond acceptors (Lipinski definition) is 4. The fraction of sp³-hybridized carbons (Fsp3) is 0.250. The van der Waals surface area contributed by atoms with Crippen LogP contribution in [-0.4, -0.2) is 15.5 Å². The standard InChI is InChI=1S/C8H9F2NO4S/c1-14-8-5(4-15-16(11,12)13)2-6(9)3-7(8)10/h2-3H,4H2,1H3,(H2,11,12,13). The van der Waals surface area contributed by atoms with Crippen molar-refractivity contribution < 1.29 is 26.1 Å². The second-order valence-corrected chi connectivity index (χ2v) is 4.06. The van der Waals surface area contributed by atoms with Crippen LogP contribution in [0.4, 0.5) is 8.78 Å². The maximum absolute atomic E-state index is 13.1. The molecule has 90 valence electrons. The molecule has 0 heterocycles. The molecule has 0 aliphatic rings. The van der Waals surface area contributed by atoms with E-state index in [9.17, 15) is 17.2 Å². The first-order chi connectivity index (χ1) is 7.33. The van der Waals surface area contributed by atoms with Crippen LogP contribution in [-0.2, 0) is 21.1 Å². The Morgan fingerprint density at radius 2 is 2.00 bits per heavy atom. The van der Waals surface area contributed by atoms with Gasteiger partial charge in [0.1, 0.15) is 5.82 Å². The van der Waals surface area contributed by atoms with Crippen LogP contribution in [0.25, 0.3) is 0 Å². The Bertz CT molecular complexity index is 489. The summed E-state index contributed by atoms with van der Waals surface area (Å²) in [6, 6.07) is 1.51. The van der Waals surface area contributed by atoms with Crippen LogP contribution in [0.2, 0.25) is 0 Å². The van der Waals surface area contributed by atoms with Gasteiger partial charge in [0, 0.05) is 11.6 Å². The quantitative estimate of drug-likeness (QED) is 0.856. The van der Waals surface area contributed by atoms with Crippen LogP contribution in [0.5, 0.6) is 5.75 Å². The number of ether oxygens (including phenoxy) is 1. The van der Waals surface area contributed by atoms with Crippen LogP contribution in [0.15, 0.2) is 12.1 Å². The van der Waals surface area contributed by atoms with E-state index in [4.69, 9.17) is 0 Å².